The lowest BCUT2D eigenvalue weighted by atomic mass is 10.1. The van der Waals surface area contributed by atoms with Gasteiger partial charge >= 0.3 is 0 Å². The minimum Gasteiger partial charge on any atom is -0.293 e. The molecule has 0 aliphatic carbocycles. The Kier molecular flexibility index (Phi) is 2.64. The highest BCUT2D eigenvalue weighted by Crippen LogP contribution is 2.30. The molecular formula is C9H11NO3S2. The Balaban J connectivity index is 2.21. The molecule has 2 rings (SSSR count). The number of carbonyl (C=O) groups is 1. The fourth-order valence-corrected chi connectivity index (χ4v) is 4.48. The molecular weight excluding hydrogens is 234 g/mol. The predicted octanol–water partition coefficient (Wildman–Crippen LogP) is 1.25. The van der Waals surface area contributed by atoms with Gasteiger partial charge in [0.25, 0.3) is 0 Å². The number of Topliss-reactive ketones (excluding diaryl/α,β-unsaturated/α-hetero) is 1. The third-order valence-corrected chi connectivity index (χ3v) is 5.24. The molecule has 0 radical (unpaired) electrons. The fraction of sp³-hybridized carbons (Fsp3) is 0.556. The van der Waals surface area contributed by atoms with Crippen molar-refractivity contribution in [1.82, 2.24) is 4.98 Å². The van der Waals surface area contributed by atoms with Gasteiger partial charge in [0.2, 0.25) is 0 Å². The lowest BCUT2D eigenvalue weighted by Gasteiger charge is -2.00. The molecule has 1 fully saturated rings. The maximum absolute atomic E-state index is 11.3. The molecule has 4 nitrogen and oxygen atoms in total. The van der Waals surface area contributed by atoms with Crippen LogP contribution in [0.15, 0.2) is 5.38 Å². The molecule has 1 aromatic heterocycles. The minimum absolute atomic E-state index is 0.00639. The summed E-state index contributed by atoms with van der Waals surface area (Å²) in [7, 11) is -2.87. The molecule has 0 spiro atoms. The molecule has 1 aromatic rings. The van der Waals surface area contributed by atoms with E-state index >= 15 is 0 Å². The van der Waals surface area contributed by atoms with Crippen LogP contribution in [0.25, 0.3) is 0 Å². The van der Waals surface area contributed by atoms with Gasteiger partial charge in [0, 0.05) is 18.2 Å². The summed E-state index contributed by atoms with van der Waals surface area (Å²) in [5.41, 5.74) is 0.444. The van der Waals surface area contributed by atoms with Crippen molar-refractivity contribution in [2.45, 2.75) is 19.3 Å². The summed E-state index contributed by atoms with van der Waals surface area (Å²) in [6.45, 7) is 1.46. The Morgan fingerprint density at radius 3 is 2.80 bits per heavy atom. The van der Waals surface area contributed by atoms with Crippen molar-refractivity contribution in [3.63, 3.8) is 0 Å². The number of hydrogen-bond donors (Lipinski definition) is 0. The second-order valence-corrected chi connectivity index (χ2v) is 6.85. The SMILES string of the molecule is CC(=O)c1csc(C2CCS(=O)(=O)C2)n1. The number of thiazole rings is 1. The van der Waals surface area contributed by atoms with E-state index in [1.165, 1.54) is 18.3 Å². The lowest BCUT2D eigenvalue weighted by Crippen LogP contribution is -2.04. The van der Waals surface area contributed by atoms with Crippen molar-refractivity contribution in [2.75, 3.05) is 11.5 Å². The van der Waals surface area contributed by atoms with Crippen molar-refractivity contribution < 1.29 is 13.2 Å². The molecule has 0 aromatic carbocycles. The first-order valence-corrected chi connectivity index (χ1v) is 7.35. The van der Waals surface area contributed by atoms with E-state index in [4.69, 9.17) is 0 Å². The summed E-state index contributed by atoms with van der Waals surface area (Å²) in [6.07, 6.45) is 0.632. The van der Waals surface area contributed by atoms with Crippen LogP contribution in [-0.4, -0.2) is 30.7 Å². The second kappa shape index (κ2) is 3.68. The number of nitrogens with zero attached hydrogens (tertiary/aromatic N) is 1. The Hall–Kier alpha value is -0.750. The van der Waals surface area contributed by atoms with E-state index in [2.05, 4.69) is 4.98 Å². The molecule has 1 unspecified atom stereocenters. The van der Waals surface area contributed by atoms with Gasteiger partial charge in [-0.3, -0.25) is 4.79 Å². The number of ketones is 1. The van der Waals surface area contributed by atoms with Gasteiger partial charge in [-0.2, -0.15) is 0 Å². The number of rotatable bonds is 2. The van der Waals surface area contributed by atoms with Crippen LogP contribution in [0.3, 0.4) is 0 Å². The van der Waals surface area contributed by atoms with E-state index < -0.39 is 9.84 Å². The van der Waals surface area contributed by atoms with Crippen LogP contribution in [0, 0.1) is 0 Å². The zero-order valence-electron chi connectivity index (χ0n) is 8.26. The number of aromatic nitrogens is 1. The lowest BCUT2D eigenvalue weighted by molar-refractivity contribution is 0.101. The average Bonchev–Trinajstić information content (AvgIpc) is 2.70. The van der Waals surface area contributed by atoms with Gasteiger partial charge in [-0.25, -0.2) is 13.4 Å². The highest BCUT2D eigenvalue weighted by molar-refractivity contribution is 7.91. The van der Waals surface area contributed by atoms with Crippen molar-refractivity contribution in [1.29, 1.82) is 0 Å². The van der Waals surface area contributed by atoms with Gasteiger partial charge in [0.1, 0.15) is 5.69 Å². The maximum Gasteiger partial charge on any atom is 0.178 e. The van der Waals surface area contributed by atoms with Gasteiger partial charge in [0.05, 0.1) is 16.5 Å². The Labute approximate surface area is 92.3 Å². The molecule has 1 aliphatic rings. The monoisotopic (exact) mass is 245 g/mol. The van der Waals surface area contributed by atoms with Crippen LogP contribution < -0.4 is 0 Å². The van der Waals surface area contributed by atoms with Gasteiger partial charge in [-0.1, -0.05) is 0 Å². The third-order valence-electron chi connectivity index (χ3n) is 2.46. The number of sulfone groups is 1. The summed E-state index contributed by atoms with van der Waals surface area (Å²) < 4.78 is 22.5. The van der Waals surface area contributed by atoms with E-state index in [9.17, 15) is 13.2 Å². The molecule has 2 heterocycles. The van der Waals surface area contributed by atoms with Crippen LogP contribution in [-0.2, 0) is 9.84 Å². The van der Waals surface area contributed by atoms with Crippen LogP contribution in [0.4, 0.5) is 0 Å². The summed E-state index contributed by atoms with van der Waals surface area (Å²) >= 11 is 1.38. The van der Waals surface area contributed by atoms with Crippen LogP contribution in [0.1, 0.15) is 34.8 Å². The Morgan fingerprint density at radius 2 is 2.33 bits per heavy atom. The van der Waals surface area contributed by atoms with Crippen molar-refractivity contribution in [3.05, 3.63) is 16.1 Å². The molecule has 1 atom stereocenters. The van der Waals surface area contributed by atoms with E-state index in [1.807, 2.05) is 0 Å². The Bertz CT molecular complexity index is 489. The first-order chi connectivity index (χ1) is 6.98. The quantitative estimate of drug-likeness (QED) is 0.735. The zero-order chi connectivity index (χ0) is 11.1. The standard InChI is InChI=1S/C9H11NO3S2/c1-6(11)8-4-14-9(10-8)7-2-3-15(12,13)5-7/h4,7H,2-3,5H2,1H3. The van der Waals surface area contributed by atoms with E-state index in [-0.39, 0.29) is 23.2 Å². The topological polar surface area (TPSA) is 64.1 Å². The van der Waals surface area contributed by atoms with Crippen molar-refractivity contribution in [3.8, 4) is 0 Å². The molecule has 0 saturated carbocycles. The summed E-state index contributed by atoms with van der Waals surface area (Å²) in [4.78, 5) is 15.2. The maximum atomic E-state index is 11.3. The molecule has 15 heavy (non-hydrogen) atoms. The Morgan fingerprint density at radius 1 is 1.60 bits per heavy atom. The van der Waals surface area contributed by atoms with E-state index in [0.29, 0.717) is 12.1 Å². The number of hydrogen-bond acceptors (Lipinski definition) is 5. The summed E-state index contributed by atoms with van der Waals surface area (Å²) in [6, 6.07) is 0. The molecule has 82 valence electrons. The normalized spacial score (nSPS) is 24.2. The molecule has 0 N–H and O–H groups in total. The largest absolute Gasteiger partial charge is 0.293 e. The first kappa shape index (κ1) is 10.8. The van der Waals surface area contributed by atoms with Crippen molar-refractivity contribution >= 4 is 27.0 Å². The van der Waals surface area contributed by atoms with Crippen LogP contribution >= 0.6 is 11.3 Å². The second-order valence-electron chi connectivity index (χ2n) is 3.73. The third kappa shape index (κ3) is 2.26. The average molecular weight is 245 g/mol. The zero-order valence-corrected chi connectivity index (χ0v) is 9.90. The van der Waals surface area contributed by atoms with Gasteiger partial charge in [0.15, 0.2) is 15.6 Å². The summed E-state index contributed by atoms with van der Waals surface area (Å²) in [5, 5.41) is 2.48. The van der Waals surface area contributed by atoms with E-state index in [1.54, 1.807) is 5.38 Å². The van der Waals surface area contributed by atoms with E-state index in [0.717, 1.165) is 5.01 Å². The highest BCUT2D eigenvalue weighted by atomic mass is 32.2. The first-order valence-electron chi connectivity index (χ1n) is 4.65. The predicted molar refractivity (Wildman–Crippen MR) is 58.1 cm³/mol. The molecule has 6 heteroatoms. The molecule has 1 saturated heterocycles. The van der Waals surface area contributed by atoms with Gasteiger partial charge in [-0.05, 0) is 6.42 Å². The summed E-state index contributed by atoms with van der Waals surface area (Å²) in [5.74, 6) is 0.344. The van der Waals surface area contributed by atoms with Crippen LogP contribution in [0.2, 0.25) is 0 Å². The minimum atomic E-state index is -2.87. The number of carbonyl (C=O) groups excluding carboxylic acids is 1. The molecule has 1 aliphatic heterocycles. The molecule has 0 bridgehead atoms. The van der Waals surface area contributed by atoms with Crippen molar-refractivity contribution in [2.24, 2.45) is 0 Å². The fourth-order valence-electron chi connectivity index (χ4n) is 1.63. The van der Waals surface area contributed by atoms with Gasteiger partial charge < -0.3 is 0 Å². The van der Waals surface area contributed by atoms with Crippen LogP contribution in [0.5, 0.6) is 0 Å². The molecule has 0 amide bonds. The smallest absolute Gasteiger partial charge is 0.178 e. The van der Waals surface area contributed by atoms with Gasteiger partial charge in [-0.15, -0.1) is 11.3 Å². The highest BCUT2D eigenvalue weighted by Gasteiger charge is 2.31.